The summed E-state index contributed by atoms with van der Waals surface area (Å²) in [4.78, 5) is 0. The molecule has 2 aromatic carbocycles. The number of aromatic nitrogens is 2. The maximum Gasteiger partial charge on any atom is 0.153 e. The Bertz CT molecular complexity index is 812. The van der Waals surface area contributed by atoms with Gasteiger partial charge in [-0.05, 0) is 12.1 Å². The summed E-state index contributed by atoms with van der Waals surface area (Å²) in [5.74, 6) is 0.356. The normalized spacial score (nSPS) is 10.8. The van der Waals surface area contributed by atoms with Crippen LogP contribution in [0.15, 0.2) is 42.5 Å². The van der Waals surface area contributed by atoms with E-state index in [-0.39, 0.29) is 0 Å². The summed E-state index contributed by atoms with van der Waals surface area (Å²) in [6.07, 6.45) is 0. The van der Waals surface area contributed by atoms with Crippen molar-refractivity contribution in [1.82, 2.24) is 10.2 Å². The Morgan fingerprint density at radius 2 is 1.52 bits per heavy atom. The molecule has 0 atom stereocenters. The highest BCUT2D eigenvalue weighted by atomic mass is 35.5. The molecule has 0 aliphatic heterocycles. The molecule has 0 bridgehead atoms. The molecular weight excluding hydrogens is 329 g/mol. The second kappa shape index (κ2) is 5.60. The Kier molecular flexibility index (Phi) is 3.81. The second-order valence-corrected chi connectivity index (χ2v) is 5.63. The van der Waals surface area contributed by atoms with Gasteiger partial charge in [-0.3, -0.25) is 5.10 Å². The number of anilines is 1. The number of nitrogens with one attached hydrogen (secondary N) is 1. The largest absolute Gasteiger partial charge is 0.382 e. The van der Waals surface area contributed by atoms with Gasteiger partial charge in [0.05, 0.1) is 21.3 Å². The number of aromatic amines is 1. The molecule has 0 aliphatic rings. The molecule has 0 radical (unpaired) electrons. The van der Waals surface area contributed by atoms with Crippen LogP contribution in [0.25, 0.3) is 22.4 Å². The quantitative estimate of drug-likeness (QED) is 0.667. The average Bonchev–Trinajstić information content (AvgIpc) is 2.84. The van der Waals surface area contributed by atoms with Crippen LogP contribution >= 0.6 is 34.8 Å². The van der Waals surface area contributed by atoms with Crippen molar-refractivity contribution in [3.8, 4) is 22.4 Å². The zero-order valence-electron chi connectivity index (χ0n) is 10.7. The topological polar surface area (TPSA) is 54.7 Å². The van der Waals surface area contributed by atoms with Crippen LogP contribution in [0.5, 0.6) is 0 Å². The molecule has 21 heavy (non-hydrogen) atoms. The van der Waals surface area contributed by atoms with Crippen LogP contribution in [0.3, 0.4) is 0 Å². The third-order valence-electron chi connectivity index (χ3n) is 3.16. The van der Waals surface area contributed by atoms with Crippen molar-refractivity contribution >= 4 is 40.6 Å². The third kappa shape index (κ3) is 2.48. The van der Waals surface area contributed by atoms with Crippen molar-refractivity contribution in [2.75, 3.05) is 5.73 Å². The number of nitrogens with two attached hydrogens (primary N) is 1. The summed E-state index contributed by atoms with van der Waals surface area (Å²) in [7, 11) is 0. The Hall–Kier alpha value is -1.68. The van der Waals surface area contributed by atoms with Gasteiger partial charge < -0.3 is 5.73 Å². The molecule has 6 heteroatoms. The van der Waals surface area contributed by atoms with Gasteiger partial charge in [0, 0.05) is 16.1 Å². The molecular formula is C15H10Cl3N3. The van der Waals surface area contributed by atoms with Crippen LogP contribution in [-0.4, -0.2) is 10.2 Å². The van der Waals surface area contributed by atoms with E-state index in [0.717, 1.165) is 11.1 Å². The lowest BCUT2D eigenvalue weighted by molar-refractivity contribution is 1.10. The Morgan fingerprint density at radius 1 is 0.857 bits per heavy atom. The summed E-state index contributed by atoms with van der Waals surface area (Å²) in [6.45, 7) is 0. The maximum atomic E-state index is 6.28. The van der Waals surface area contributed by atoms with Gasteiger partial charge in [-0.15, -0.1) is 0 Å². The first kappa shape index (κ1) is 14.3. The number of nitrogen functional groups attached to an aromatic ring is 1. The predicted molar refractivity (Wildman–Crippen MR) is 88.9 cm³/mol. The van der Waals surface area contributed by atoms with E-state index in [1.54, 1.807) is 12.1 Å². The molecule has 0 aliphatic carbocycles. The standard InChI is InChI=1S/C15H10Cl3N3/c16-10-6-2-1-4-8(10)12-14(20-21-15(12)19)9-5-3-7-11(17)13(9)18/h1-7H,(H3,19,20,21). The first-order valence-electron chi connectivity index (χ1n) is 6.12. The summed E-state index contributed by atoms with van der Waals surface area (Å²) in [5, 5.41) is 8.48. The van der Waals surface area contributed by atoms with Crippen molar-refractivity contribution < 1.29 is 0 Å². The van der Waals surface area contributed by atoms with Crippen LogP contribution in [-0.2, 0) is 0 Å². The first-order chi connectivity index (χ1) is 10.1. The van der Waals surface area contributed by atoms with Gasteiger partial charge in [0.15, 0.2) is 5.82 Å². The van der Waals surface area contributed by atoms with Gasteiger partial charge in [0.2, 0.25) is 0 Å². The van der Waals surface area contributed by atoms with E-state index in [2.05, 4.69) is 10.2 Å². The van der Waals surface area contributed by atoms with Gasteiger partial charge in [-0.25, -0.2) is 0 Å². The molecule has 0 saturated carbocycles. The van der Waals surface area contributed by atoms with Gasteiger partial charge in [-0.2, -0.15) is 5.10 Å². The Morgan fingerprint density at radius 3 is 2.29 bits per heavy atom. The third-order valence-corrected chi connectivity index (χ3v) is 4.31. The molecule has 1 aromatic heterocycles. The summed E-state index contributed by atoms with van der Waals surface area (Å²) >= 11 is 18.6. The molecule has 3 aromatic rings. The molecule has 0 unspecified atom stereocenters. The van der Waals surface area contributed by atoms with Crippen molar-refractivity contribution in [3.63, 3.8) is 0 Å². The van der Waals surface area contributed by atoms with E-state index in [0.29, 0.717) is 32.1 Å². The summed E-state index contributed by atoms with van der Waals surface area (Å²) in [5.41, 5.74) is 8.91. The monoisotopic (exact) mass is 337 g/mol. The van der Waals surface area contributed by atoms with Crippen LogP contribution in [0.2, 0.25) is 15.1 Å². The van der Waals surface area contributed by atoms with E-state index in [4.69, 9.17) is 40.5 Å². The van der Waals surface area contributed by atoms with Crippen LogP contribution in [0.4, 0.5) is 5.82 Å². The molecule has 3 N–H and O–H groups in total. The zero-order valence-corrected chi connectivity index (χ0v) is 13.0. The summed E-state index contributed by atoms with van der Waals surface area (Å²) in [6, 6.07) is 12.8. The number of rotatable bonds is 2. The van der Waals surface area contributed by atoms with E-state index < -0.39 is 0 Å². The lowest BCUT2D eigenvalue weighted by Gasteiger charge is -2.09. The second-order valence-electron chi connectivity index (χ2n) is 4.44. The van der Waals surface area contributed by atoms with Crippen molar-refractivity contribution in [2.24, 2.45) is 0 Å². The molecule has 0 amide bonds. The van der Waals surface area contributed by atoms with E-state index in [1.807, 2.05) is 30.3 Å². The van der Waals surface area contributed by atoms with Crippen molar-refractivity contribution in [1.29, 1.82) is 0 Å². The fourth-order valence-corrected chi connectivity index (χ4v) is 2.81. The minimum atomic E-state index is 0.356. The molecule has 1 heterocycles. The highest BCUT2D eigenvalue weighted by molar-refractivity contribution is 6.43. The van der Waals surface area contributed by atoms with Crippen molar-refractivity contribution in [3.05, 3.63) is 57.5 Å². The maximum absolute atomic E-state index is 6.28. The van der Waals surface area contributed by atoms with E-state index in [9.17, 15) is 0 Å². The zero-order chi connectivity index (χ0) is 15.0. The minimum Gasteiger partial charge on any atom is -0.382 e. The highest BCUT2D eigenvalue weighted by Crippen LogP contribution is 2.41. The molecule has 3 nitrogen and oxygen atoms in total. The number of nitrogens with zero attached hydrogens (tertiary/aromatic N) is 1. The lowest BCUT2D eigenvalue weighted by Crippen LogP contribution is -1.90. The van der Waals surface area contributed by atoms with E-state index in [1.165, 1.54) is 0 Å². The van der Waals surface area contributed by atoms with Crippen molar-refractivity contribution in [2.45, 2.75) is 0 Å². The average molecular weight is 339 g/mol. The Labute approximate surface area is 136 Å². The number of halogens is 3. The molecule has 3 rings (SSSR count). The smallest absolute Gasteiger partial charge is 0.153 e. The number of benzene rings is 2. The number of hydrogen-bond acceptors (Lipinski definition) is 2. The minimum absolute atomic E-state index is 0.356. The van der Waals surface area contributed by atoms with Gasteiger partial charge in [-0.1, -0.05) is 65.1 Å². The number of H-pyrrole nitrogens is 1. The van der Waals surface area contributed by atoms with Gasteiger partial charge in [0.1, 0.15) is 0 Å². The lowest BCUT2D eigenvalue weighted by atomic mass is 10.0. The summed E-state index contributed by atoms with van der Waals surface area (Å²) < 4.78 is 0. The van der Waals surface area contributed by atoms with Crippen LogP contribution in [0, 0.1) is 0 Å². The van der Waals surface area contributed by atoms with Crippen LogP contribution < -0.4 is 5.73 Å². The van der Waals surface area contributed by atoms with E-state index >= 15 is 0 Å². The fraction of sp³-hybridized carbons (Fsp3) is 0. The molecule has 0 saturated heterocycles. The SMILES string of the molecule is Nc1n[nH]c(-c2cccc(Cl)c2Cl)c1-c1ccccc1Cl. The predicted octanol–water partition coefficient (Wildman–Crippen LogP) is 5.29. The van der Waals surface area contributed by atoms with Gasteiger partial charge >= 0.3 is 0 Å². The highest BCUT2D eigenvalue weighted by Gasteiger charge is 2.19. The Balaban J connectivity index is 2.28. The molecule has 106 valence electrons. The fourth-order valence-electron chi connectivity index (χ4n) is 2.18. The number of hydrogen-bond donors (Lipinski definition) is 2. The van der Waals surface area contributed by atoms with Crippen LogP contribution in [0.1, 0.15) is 0 Å². The molecule has 0 fully saturated rings. The molecule has 0 spiro atoms. The first-order valence-corrected chi connectivity index (χ1v) is 7.26. The van der Waals surface area contributed by atoms with Gasteiger partial charge in [0.25, 0.3) is 0 Å².